The highest BCUT2D eigenvalue weighted by atomic mass is 35.5. The van der Waals surface area contributed by atoms with Crippen molar-refractivity contribution in [1.29, 1.82) is 5.41 Å². The molecule has 0 saturated carbocycles. The lowest BCUT2D eigenvalue weighted by Crippen LogP contribution is -2.12. The van der Waals surface area contributed by atoms with Gasteiger partial charge in [0.05, 0.1) is 19.8 Å². The summed E-state index contributed by atoms with van der Waals surface area (Å²) in [7, 11) is 0. The number of carbonyl (C=O) groups excluding carboxylic acids is 2. The van der Waals surface area contributed by atoms with Gasteiger partial charge in [-0.05, 0) is 32.9 Å². The molecule has 0 spiro atoms. The number of H-pyrrole nitrogens is 1. The summed E-state index contributed by atoms with van der Waals surface area (Å²) in [6, 6.07) is 0. The van der Waals surface area contributed by atoms with Crippen molar-refractivity contribution in [1.82, 2.24) is 25.5 Å². The average Bonchev–Trinajstić information content (AvgIpc) is 3.24. The van der Waals surface area contributed by atoms with E-state index < -0.39 is 5.97 Å². The van der Waals surface area contributed by atoms with E-state index in [9.17, 15) is 9.59 Å². The van der Waals surface area contributed by atoms with Crippen LogP contribution in [0.25, 0.3) is 11.5 Å². The predicted octanol–water partition coefficient (Wildman–Crippen LogP) is 1.64. The number of nitrogens with one attached hydrogen (secondary N) is 2. The lowest BCUT2D eigenvalue weighted by Gasteiger charge is -2.03. The molecule has 2 rings (SSSR count). The molecular weight excluding hydrogens is 408 g/mol. The van der Waals surface area contributed by atoms with Gasteiger partial charge < -0.3 is 14.2 Å². The Morgan fingerprint density at radius 1 is 1.03 bits per heavy atom. The molecule has 0 atom stereocenters. The molecule has 2 N–H and O–H groups in total. The van der Waals surface area contributed by atoms with Crippen molar-refractivity contribution in [2.45, 2.75) is 40.5 Å². The average molecular weight is 433 g/mol. The summed E-state index contributed by atoms with van der Waals surface area (Å²) >= 11 is 0. The Balaban J connectivity index is 0.000000576. The molecule has 0 aromatic carbocycles. The van der Waals surface area contributed by atoms with E-state index in [4.69, 9.17) is 14.9 Å². The van der Waals surface area contributed by atoms with E-state index >= 15 is 0 Å². The predicted molar refractivity (Wildman–Crippen MR) is 103 cm³/mol. The van der Waals surface area contributed by atoms with Gasteiger partial charge in [0, 0.05) is 0 Å². The van der Waals surface area contributed by atoms with Gasteiger partial charge in [0.25, 0.3) is 0 Å². The van der Waals surface area contributed by atoms with Crippen LogP contribution >= 0.6 is 12.4 Å². The van der Waals surface area contributed by atoms with E-state index in [0.29, 0.717) is 42.9 Å². The Morgan fingerprint density at radius 3 is 2.21 bits per heavy atom. The fourth-order valence-corrected chi connectivity index (χ4v) is 1.83. The number of rotatable bonds is 8. The van der Waals surface area contributed by atoms with Crippen molar-refractivity contribution >= 4 is 30.2 Å². The molecule has 162 valence electrons. The first-order valence-corrected chi connectivity index (χ1v) is 8.63. The summed E-state index contributed by atoms with van der Waals surface area (Å²) < 4.78 is 18.7. The summed E-state index contributed by atoms with van der Waals surface area (Å²) in [5.41, 5.74) is 1.04. The first kappa shape index (κ1) is 26.0. The molecule has 0 aliphatic heterocycles. The monoisotopic (exact) mass is 432 g/mol. The molecule has 2 aromatic heterocycles. The third-order valence-electron chi connectivity index (χ3n) is 2.94. The number of carbonyl (C=O) groups is 2. The molecule has 12 nitrogen and oxygen atoms in total. The van der Waals surface area contributed by atoms with Gasteiger partial charge in [-0.25, -0.2) is 9.61 Å². The molecule has 0 amide bonds. The molecule has 29 heavy (non-hydrogen) atoms. The Bertz CT molecular complexity index is 762. The largest absolute Gasteiger partial charge is 0.481 e. The fourth-order valence-electron chi connectivity index (χ4n) is 1.83. The summed E-state index contributed by atoms with van der Waals surface area (Å²) in [5, 5.41) is 20.9. The Hall–Kier alpha value is -3.02. The number of hydrogen-bond donors (Lipinski definition) is 2. The highest BCUT2D eigenvalue weighted by Gasteiger charge is 2.15. The maximum absolute atomic E-state index is 11.2. The molecule has 2 heterocycles. The number of aryl methyl sites for hydroxylation is 1. The lowest BCUT2D eigenvalue weighted by molar-refractivity contribution is -0.143. The lowest BCUT2D eigenvalue weighted by atomic mass is 10.3. The van der Waals surface area contributed by atoms with Gasteiger partial charge >= 0.3 is 11.9 Å². The molecule has 0 bridgehead atoms. The maximum Gasteiger partial charge on any atom is 0.315 e. The highest BCUT2D eigenvalue weighted by molar-refractivity contribution is 5.92. The number of esters is 2. The van der Waals surface area contributed by atoms with Crippen LogP contribution in [-0.4, -0.2) is 63.2 Å². The zero-order valence-corrected chi connectivity index (χ0v) is 17.5. The van der Waals surface area contributed by atoms with Crippen LogP contribution < -0.4 is 0 Å². The Kier molecular flexibility index (Phi) is 12.6. The molecule has 0 aliphatic carbocycles. The fraction of sp³-hybridized carbons (Fsp3) is 0.562. The Morgan fingerprint density at radius 2 is 1.66 bits per heavy atom. The first-order chi connectivity index (χ1) is 13.4. The number of ether oxygens (including phenoxy) is 3. The van der Waals surface area contributed by atoms with Crippen LogP contribution in [0.1, 0.15) is 38.7 Å². The summed E-state index contributed by atoms with van der Waals surface area (Å²) in [4.78, 5) is 26.0. The van der Waals surface area contributed by atoms with Crippen molar-refractivity contribution in [2.24, 2.45) is 0 Å². The van der Waals surface area contributed by atoms with E-state index in [1.165, 1.54) is 0 Å². The second-order valence-corrected chi connectivity index (χ2v) is 5.12. The van der Waals surface area contributed by atoms with Gasteiger partial charge in [-0.1, -0.05) is 5.16 Å². The molecule has 13 heteroatoms. The number of aromatic amines is 1. The normalized spacial score (nSPS) is 9.52. The van der Waals surface area contributed by atoms with Gasteiger partial charge in [0.1, 0.15) is 24.4 Å². The van der Waals surface area contributed by atoms with Crippen LogP contribution in [0.2, 0.25) is 0 Å². The number of halogens is 1. The molecule has 2 aromatic rings. The molecule has 0 aliphatic rings. The van der Waals surface area contributed by atoms with Crippen molar-refractivity contribution in [3.05, 3.63) is 11.5 Å². The SMILES string of the molecule is CCOC(=N)CC(=O)OCC.CCOC(=O)Cc1nc(-c2nonc2C)n[nH]1.Cl. The van der Waals surface area contributed by atoms with Crippen molar-refractivity contribution in [3.63, 3.8) is 0 Å². The van der Waals surface area contributed by atoms with E-state index in [2.05, 4.69) is 34.9 Å². The molecule has 0 fully saturated rings. The quantitative estimate of drug-likeness (QED) is 0.355. The second kappa shape index (κ2) is 14.0. The minimum Gasteiger partial charge on any atom is -0.481 e. The van der Waals surface area contributed by atoms with Crippen LogP contribution in [-0.2, 0) is 30.2 Å². The zero-order valence-electron chi connectivity index (χ0n) is 16.7. The van der Waals surface area contributed by atoms with Crippen molar-refractivity contribution in [3.8, 4) is 11.5 Å². The van der Waals surface area contributed by atoms with Gasteiger partial charge in [-0.2, -0.15) is 5.10 Å². The smallest absolute Gasteiger partial charge is 0.315 e. The molecule has 0 radical (unpaired) electrons. The second-order valence-electron chi connectivity index (χ2n) is 5.12. The van der Waals surface area contributed by atoms with Crippen molar-refractivity contribution < 1.29 is 28.4 Å². The molecule has 0 saturated heterocycles. The summed E-state index contributed by atoms with van der Waals surface area (Å²) in [6.45, 7) is 8.06. The first-order valence-electron chi connectivity index (χ1n) is 8.63. The van der Waals surface area contributed by atoms with E-state index in [0.717, 1.165) is 0 Å². The van der Waals surface area contributed by atoms with Crippen molar-refractivity contribution in [2.75, 3.05) is 19.8 Å². The van der Waals surface area contributed by atoms with Crippen LogP contribution in [0, 0.1) is 12.3 Å². The van der Waals surface area contributed by atoms with Gasteiger partial charge in [-0.3, -0.25) is 20.1 Å². The molecule has 0 unspecified atom stereocenters. The number of nitrogens with zero attached hydrogens (tertiary/aromatic N) is 4. The minimum absolute atomic E-state index is 0. The van der Waals surface area contributed by atoms with E-state index in [-0.39, 0.29) is 37.1 Å². The van der Waals surface area contributed by atoms with E-state index in [1.807, 2.05) is 0 Å². The van der Waals surface area contributed by atoms with Gasteiger partial charge in [-0.15, -0.1) is 12.4 Å². The van der Waals surface area contributed by atoms with Crippen LogP contribution in [0.15, 0.2) is 4.63 Å². The minimum atomic E-state index is -0.411. The standard InChI is InChI=1S/C9H11N5O3.C7H13NO3.ClH/c1-3-16-7(15)4-6-10-9(12-11-6)8-5(2)13-17-14-8;1-3-10-6(8)5-7(9)11-4-2;/h3-4H2,1-2H3,(H,10,11,12);8H,3-5H2,1-2H3;1H. The molecular formula is C16H25ClN6O6. The maximum atomic E-state index is 11.2. The number of hydrogen-bond acceptors (Lipinski definition) is 11. The Labute approximate surface area is 173 Å². The number of aromatic nitrogens is 5. The third kappa shape index (κ3) is 9.65. The topological polar surface area (TPSA) is 166 Å². The summed E-state index contributed by atoms with van der Waals surface area (Å²) in [6.07, 6.45) is -0.0210. The van der Waals surface area contributed by atoms with Gasteiger partial charge in [0.15, 0.2) is 11.6 Å². The van der Waals surface area contributed by atoms with Crippen LogP contribution in [0.4, 0.5) is 0 Å². The van der Waals surface area contributed by atoms with Gasteiger partial charge in [0.2, 0.25) is 5.82 Å². The highest BCUT2D eigenvalue weighted by Crippen LogP contribution is 2.14. The van der Waals surface area contributed by atoms with Crippen LogP contribution in [0.3, 0.4) is 0 Å². The third-order valence-corrected chi connectivity index (χ3v) is 2.94. The zero-order chi connectivity index (χ0) is 20.9. The van der Waals surface area contributed by atoms with Crippen LogP contribution in [0.5, 0.6) is 0 Å². The summed E-state index contributed by atoms with van der Waals surface area (Å²) in [5.74, 6) is -0.0361. The van der Waals surface area contributed by atoms with E-state index in [1.54, 1.807) is 27.7 Å².